The van der Waals surface area contributed by atoms with Crippen molar-refractivity contribution >= 4 is 22.3 Å². The summed E-state index contributed by atoms with van der Waals surface area (Å²) in [5, 5.41) is 2.48. The Bertz CT molecular complexity index is 565. The second-order valence-electron chi connectivity index (χ2n) is 4.73. The normalized spacial score (nSPS) is 11.2. The van der Waals surface area contributed by atoms with E-state index in [1.54, 1.807) is 0 Å². The second kappa shape index (κ2) is 7.04. The number of amides is 2. The summed E-state index contributed by atoms with van der Waals surface area (Å²) in [6.07, 6.45) is 1.38. The van der Waals surface area contributed by atoms with Crippen LogP contribution in [0.2, 0.25) is 0 Å². The van der Waals surface area contributed by atoms with Crippen molar-refractivity contribution in [2.45, 2.75) is 25.2 Å². The van der Waals surface area contributed by atoms with E-state index in [0.29, 0.717) is 24.3 Å². The fraction of sp³-hybridized carbons (Fsp3) is 0.385. The van der Waals surface area contributed by atoms with Gasteiger partial charge < -0.3 is 5.32 Å². The highest BCUT2D eigenvalue weighted by Crippen LogP contribution is 2.09. The van der Waals surface area contributed by atoms with Crippen LogP contribution < -0.4 is 10.0 Å². The predicted molar refractivity (Wildman–Crippen MR) is 75.0 cm³/mol. The van der Waals surface area contributed by atoms with Gasteiger partial charge in [0.1, 0.15) is 6.29 Å². The van der Waals surface area contributed by atoms with E-state index in [-0.39, 0.29) is 4.90 Å². The maximum atomic E-state index is 11.9. The van der Waals surface area contributed by atoms with Gasteiger partial charge in [-0.05, 0) is 24.5 Å². The molecule has 0 aliphatic carbocycles. The Kier molecular flexibility index (Phi) is 5.69. The first kappa shape index (κ1) is 16.2. The number of carbonyl (C=O) groups is 2. The zero-order valence-electron chi connectivity index (χ0n) is 11.4. The van der Waals surface area contributed by atoms with Gasteiger partial charge in [0.15, 0.2) is 0 Å². The van der Waals surface area contributed by atoms with Crippen molar-refractivity contribution in [1.29, 1.82) is 0 Å². The quantitative estimate of drug-likeness (QED) is 0.779. The molecular formula is C13H18N2O4S. The highest BCUT2D eigenvalue weighted by Gasteiger charge is 2.17. The van der Waals surface area contributed by atoms with Crippen molar-refractivity contribution in [1.82, 2.24) is 10.0 Å². The van der Waals surface area contributed by atoms with E-state index < -0.39 is 16.1 Å². The minimum atomic E-state index is -3.91. The molecule has 0 spiro atoms. The SMILES string of the molecule is CC(C)CCNC(=O)NS(=O)(=O)c1ccc(C=O)cc1. The summed E-state index contributed by atoms with van der Waals surface area (Å²) < 4.78 is 25.7. The average molecular weight is 298 g/mol. The number of aldehydes is 1. The standard InChI is InChI=1S/C13H18N2O4S/c1-10(2)7-8-14-13(17)15-20(18,19)12-5-3-11(9-16)4-6-12/h3-6,9-10H,7-8H2,1-2H3,(H2,14,15,17). The molecule has 0 fully saturated rings. The minimum absolute atomic E-state index is 0.0675. The Morgan fingerprint density at radius 3 is 2.35 bits per heavy atom. The van der Waals surface area contributed by atoms with Crippen LogP contribution in [0.25, 0.3) is 0 Å². The Morgan fingerprint density at radius 2 is 1.85 bits per heavy atom. The highest BCUT2D eigenvalue weighted by atomic mass is 32.2. The molecule has 2 N–H and O–H groups in total. The first-order valence-corrected chi connectivity index (χ1v) is 7.69. The number of sulfonamides is 1. The van der Waals surface area contributed by atoms with Crippen LogP contribution in [0, 0.1) is 5.92 Å². The van der Waals surface area contributed by atoms with Crippen molar-refractivity contribution in [2.24, 2.45) is 5.92 Å². The number of carbonyl (C=O) groups excluding carboxylic acids is 2. The third-order valence-corrected chi connectivity index (χ3v) is 3.91. The van der Waals surface area contributed by atoms with Crippen LogP contribution in [0.3, 0.4) is 0 Å². The molecule has 1 rings (SSSR count). The van der Waals surface area contributed by atoms with Gasteiger partial charge in [0.05, 0.1) is 4.90 Å². The van der Waals surface area contributed by atoms with E-state index in [1.807, 2.05) is 18.6 Å². The molecule has 0 aliphatic rings. The van der Waals surface area contributed by atoms with Gasteiger partial charge in [-0.15, -0.1) is 0 Å². The summed E-state index contributed by atoms with van der Waals surface area (Å²) in [6, 6.07) is 4.53. The minimum Gasteiger partial charge on any atom is -0.337 e. The first-order valence-electron chi connectivity index (χ1n) is 6.21. The molecule has 20 heavy (non-hydrogen) atoms. The van der Waals surface area contributed by atoms with Crippen LogP contribution in [-0.2, 0) is 10.0 Å². The van der Waals surface area contributed by atoms with Crippen LogP contribution in [0.5, 0.6) is 0 Å². The van der Waals surface area contributed by atoms with Gasteiger partial charge in [0, 0.05) is 12.1 Å². The van der Waals surface area contributed by atoms with Gasteiger partial charge >= 0.3 is 6.03 Å². The van der Waals surface area contributed by atoms with E-state index in [0.717, 1.165) is 6.42 Å². The van der Waals surface area contributed by atoms with Crippen LogP contribution in [0.15, 0.2) is 29.2 Å². The number of urea groups is 1. The fourth-order valence-electron chi connectivity index (χ4n) is 1.42. The molecule has 1 aromatic carbocycles. The number of nitrogens with one attached hydrogen (secondary N) is 2. The van der Waals surface area contributed by atoms with E-state index >= 15 is 0 Å². The largest absolute Gasteiger partial charge is 0.337 e. The van der Waals surface area contributed by atoms with Gasteiger partial charge in [-0.2, -0.15) is 0 Å². The molecule has 0 unspecified atom stereocenters. The zero-order chi connectivity index (χ0) is 15.2. The topological polar surface area (TPSA) is 92.3 Å². The number of rotatable bonds is 6. The highest BCUT2D eigenvalue weighted by molar-refractivity contribution is 7.90. The number of hydrogen-bond acceptors (Lipinski definition) is 4. The van der Waals surface area contributed by atoms with E-state index in [2.05, 4.69) is 5.32 Å². The lowest BCUT2D eigenvalue weighted by Gasteiger charge is -2.09. The molecular weight excluding hydrogens is 280 g/mol. The maximum absolute atomic E-state index is 11.9. The molecule has 2 amide bonds. The maximum Gasteiger partial charge on any atom is 0.328 e. The van der Waals surface area contributed by atoms with Gasteiger partial charge in [-0.25, -0.2) is 17.9 Å². The van der Waals surface area contributed by atoms with Crippen molar-refractivity contribution in [3.05, 3.63) is 29.8 Å². The van der Waals surface area contributed by atoms with Crippen LogP contribution in [0.1, 0.15) is 30.6 Å². The summed E-state index contributed by atoms with van der Waals surface area (Å²) >= 11 is 0. The lowest BCUT2D eigenvalue weighted by atomic mass is 10.1. The monoisotopic (exact) mass is 298 g/mol. The van der Waals surface area contributed by atoms with Crippen molar-refractivity contribution in [3.63, 3.8) is 0 Å². The Balaban J connectivity index is 2.64. The molecule has 0 heterocycles. The fourth-order valence-corrected chi connectivity index (χ4v) is 2.35. The molecule has 7 heteroatoms. The lowest BCUT2D eigenvalue weighted by molar-refractivity contribution is 0.112. The summed E-state index contributed by atoms with van der Waals surface area (Å²) in [5.74, 6) is 0.419. The Labute approximate surface area is 118 Å². The number of hydrogen-bond donors (Lipinski definition) is 2. The second-order valence-corrected chi connectivity index (χ2v) is 6.41. The van der Waals surface area contributed by atoms with Crippen molar-refractivity contribution in [2.75, 3.05) is 6.54 Å². The van der Waals surface area contributed by atoms with Crippen molar-refractivity contribution < 1.29 is 18.0 Å². The molecule has 0 atom stereocenters. The zero-order valence-corrected chi connectivity index (χ0v) is 12.2. The smallest absolute Gasteiger partial charge is 0.328 e. The summed E-state index contributed by atoms with van der Waals surface area (Å²) in [6.45, 7) is 4.42. The van der Waals surface area contributed by atoms with Gasteiger partial charge in [-0.3, -0.25) is 4.79 Å². The first-order chi connectivity index (χ1) is 9.35. The summed E-state index contributed by atoms with van der Waals surface area (Å²) in [5.41, 5.74) is 0.366. The van der Waals surface area contributed by atoms with Gasteiger partial charge in [-0.1, -0.05) is 26.0 Å². The molecule has 6 nitrogen and oxygen atoms in total. The van der Waals surface area contributed by atoms with E-state index in [1.165, 1.54) is 24.3 Å². The van der Waals surface area contributed by atoms with E-state index in [9.17, 15) is 18.0 Å². The van der Waals surface area contributed by atoms with Crippen LogP contribution in [-0.4, -0.2) is 27.3 Å². The molecule has 0 saturated heterocycles. The van der Waals surface area contributed by atoms with Gasteiger partial charge in [0.25, 0.3) is 10.0 Å². The number of benzene rings is 1. The van der Waals surface area contributed by atoms with E-state index in [4.69, 9.17) is 0 Å². The van der Waals surface area contributed by atoms with Gasteiger partial charge in [0.2, 0.25) is 0 Å². The molecule has 0 aliphatic heterocycles. The molecule has 0 radical (unpaired) electrons. The Hall–Kier alpha value is -1.89. The third-order valence-electron chi connectivity index (χ3n) is 2.56. The summed E-state index contributed by atoms with van der Waals surface area (Å²) in [7, 11) is -3.91. The van der Waals surface area contributed by atoms with Crippen molar-refractivity contribution in [3.8, 4) is 0 Å². The van der Waals surface area contributed by atoms with Crippen LogP contribution >= 0.6 is 0 Å². The molecule has 1 aromatic rings. The molecule has 110 valence electrons. The lowest BCUT2D eigenvalue weighted by Crippen LogP contribution is -2.40. The average Bonchev–Trinajstić information content (AvgIpc) is 2.37. The molecule has 0 bridgehead atoms. The molecule has 0 saturated carbocycles. The van der Waals surface area contributed by atoms with Crippen LogP contribution in [0.4, 0.5) is 4.79 Å². The third kappa shape index (κ3) is 5.00. The molecule has 0 aromatic heterocycles. The summed E-state index contributed by atoms with van der Waals surface area (Å²) in [4.78, 5) is 21.9. The Morgan fingerprint density at radius 1 is 1.25 bits per heavy atom. The predicted octanol–water partition coefficient (Wildman–Crippen LogP) is 1.53.